The highest BCUT2D eigenvalue weighted by Gasteiger charge is 2.20. The number of aryl methyl sites for hydroxylation is 1. The Morgan fingerprint density at radius 3 is 2.72 bits per heavy atom. The molecule has 0 atom stereocenters. The number of fused-ring (bicyclic) bond motifs is 1. The lowest BCUT2D eigenvalue weighted by atomic mass is 10.0. The molecular weight excluding hydrogens is 390 g/mol. The first-order valence-electron chi connectivity index (χ1n) is 8.99. The molecule has 2 heterocycles. The number of benzene rings is 1. The number of methoxy groups -OCH3 is 1. The molecule has 2 N–H and O–H groups in total. The van der Waals surface area contributed by atoms with E-state index in [2.05, 4.69) is 21.7 Å². The van der Waals surface area contributed by atoms with E-state index in [0.717, 1.165) is 5.39 Å². The average molecular weight is 412 g/mol. The molecule has 0 unspecified atom stereocenters. The van der Waals surface area contributed by atoms with Gasteiger partial charge in [0.2, 0.25) is 0 Å². The maximum Gasteiger partial charge on any atom is 0.252 e. The Morgan fingerprint density at radius 1 is 1.28 bits per heavy atom. The first-order valence-corrected chi connectivity index (χ1v) is 9.36. The van der Waals surface area contributed by atoms with Crippen LogP contribution in [0.1, 0.15) is 19.4 Å². The molecule has 0 radical (unpaired) electrons. The predicted molar refractivity (Wildman–Crippen MR) is 116 cm³/mol. The topological polar surface area (TPSA) is 92.0 Å². The van der Waals surface area contributed by atoms with Gasteiger partial charge in [0.05, 0.1) is 29.0 Å². The minimum absolute atomic E-state index is 0.121. The first kappa shape index (κ1) is 20.6. The summed E-state index contributed by atoms with van der Waals surface area (Å²) in [7, 11) is 3.35. The summed E-state index contributed by atoms with van der Waals surface area (Å²) in [6, 6.07) is 11.0. The van der Waals surface area contributed by atoms with Crippen LogP contribution in [0.4, 0.5) is 17.1 Å². The average Bonchev–Trinajstić information content (AvgIpc) is 2.66. The third kappa shape index (κ3) is 4.19. The number of para-hydroxylation sites is 1. The number of nitrogens with zero attached hydrogens (tertiary/aromatic N) is 3. The summed E-state index contributed by atoms with van der Waals surface area (Å²) >= 11 is 6.05. The molecule has 3 aromatic rings. The van der Waals surface area contributed by atoms with Gasteiger partial charge < -0.3 is 19.9 Å². The Morgan fingerprint density at radius 2 is 2.03 bits per heavy atom. The SMILES string of the molecule is COCC(C)(C)Nc1cc(=O)n(C)c2c(Nc3ccnc(Cl)c3C#N)cccc12. The summed E-state index contributed by atoms with van der Waals surface area (Å²) in [5.41, 5.74) is 2.32. The summed E-state index contributed by atoms with van der Waals surface area (Å²) in [4.78, 5) is 16.6. The van der Waals surface area contributed by atoms with Crippen molar-refractivity contribution in [1.82, 2.24) is 9.55 Å². The Hall–Kier alpha value is -3.08. The van der Waals surface area contributed by atoms with Crippen LogP contribution in [-0.4, -0.2) is 28.8 Å². The number of ether oxygens (including phenoxy) is 1. The molecule has 7 nitrogen and oxygen atoms in total. The minimum Gasteiger partial charge on any atom is -0.382 e. The van der Waals surface area contributed by atoms with Gasteiger partial charge in [0.15, 0.2) is 0 Å². The van der Waals surface area contributed by atoms with Crippen molar-refractivity contribution in [3.8, 4) is 6.07 Å². The standard InChI is InChI=1S/C21H22ClN5O2/c1-21(2,12-29-4)26-17-10-18(28)27(3)19-13(17)6-5-7-16(19)25-15-8-9-24-20(22)14(15)11-23/h5-10,26H,12H2,1-4H3,(H,24,25). The van der Waals surface area contributed by atoms with Crippen LogP contribution in [0.3, 0.4) is 0 Å². The molecule has 2 aromatic heterocycles. The summed E-state index contributed by atoms with van der Waals surface area (Å²) < 4.78 is 6.85. The Balaban J connectivity index is 2.18. The molecule has 1 aromatic carbocycles. The van der Waals surface area contributed by atoms with E-state index in [9.17, 15) is 10.1 Å². The molecule has 3 rings (SSSR count). The van der Waals surface area contributed by atoms with Crippen molar-refractivity contribution in [2.75, 3.05) is 24.4 Å². The lowest BCUT2D eigenvalue weighted by Crippen LogP contribution is -2.36. The van der Waals surface area contributed by atoms with Crippen molar-refractivity contribution in [3.05, 3.63) is 57.6 Å². The molecule has 0 aliphatic carbocycles. The smallest absolute Gasteiger partial charge is 0.252 e. The number of nitriles is 1. The lowest BCUT2D eigenvalue weighted by molar-refractivity contribution is 0.158. The third-order valence-electron chi connectivity index (χ3n) is 4.52. The molecule has 0 saturated heterocycles. The highest BCUT2D eigenvalue weighted by Crippen LogP contribution is 2.32. The van der Waals surface area contributed by atoms with Crippen LogP contribution in [0, 0.1) is 11.3 Å². The fraction of sp³-hybridized carbons (Fsp3) is 0.286. The Kier molecular flexibility index (Phi) is 5.78. The van der Waals surface area contributed by atoms with Gasteiger partial charge in [0.1, 0.15) is 16.8 Å². The van der Waals surface area contributed by atoms with Gasteiger partial charge in [-0.2, -0.15) is 5.26 Å². The van der Waals surface area contributed by atoms with Gasteiger partial charge in [-0.15, -0.1) is 0 Å². The van der Waals surface area contributed by atoms with E-state index >= 15 is 0 Å². The molecule has 0 amide bonds. The number of pyridine rings is 2. The van der Waals surface area contributed by atoms with Gasteiger partial charge >= 0.3 is 0 Å². The van der Waals surface area contributed by atoms with E-state index < -0.39 is 0 Å². The van der Waals surface area contributed by atoms with Gasteiger partial charge in [0, 0.05) is 37.5 Å². The van der Waals surface area contributed by atoms with E-state index in [4.69, 9.17) is 16.3 Å². The second-order valence-corrected chi connectivity index (χ2v) is 7.72. The van der Waals surface area contributed by atoms with Gasteiger partial charge in [-0.3, -0.25) is 4.79 Å². The second kappa shape index (κ2) is 8.11. The molecule has 0 aliphatic heterocycles. The van der Waals surface area contributed by atoms with E-state index in [0.29, 0.717) is 29.2 Å². The zero-order valence-corrected chi connectivity index (χ0v) is 17.5. The molecule has 150 valence electrons. The molecule has 29 heavy (non-hydrogen) atoms. The van der Waals surface area contributed by atoms with Crippen molar-refractivity contribution in [3.63, 3.8) is 0 Å². The summed E-state index contributed by atoms with van der Waals surface area (Å²) in [5.74, 6) is 0. The normalized spacial score (nSPS) is 11.3. The molecule has 0 spiro atoms. The number of hydrogen-bond donors (Lipinski definition) is 2. The molecule has 8 heteroatoms. The largest absolute Gasteiger partial charge is 0.382 e. The highest BCUT2D eigenvalue weighted by atomic mass is 35.5. The quantitative estimate of drug-likeness (QED) is 0.595. The van der Waals surface area contributed by atoms with E-state index in [1.54, 1.807) is 30.9 Å². The first-order chi connectivity index (χ1) is 13.8. The van der Waals surface area contributed by atoms with Gasteiger partial charge in [-0.05, 0) is 26.0 Å². The van der Waals surface area contributed by atoms with Crippen molar-refractivity contribution in [2.24, 2.45) is 7.05 Å². The molecule has 0 saturated carbocycles. The zero-order chi connectivity index (χ0) is 21.2. The molecule has 0 fully saturated rings. The van der Waals surface area contributed by atoms with Crippen molar-refractivity contribution >= 4 is 39.6 Å². The van der Waals surface area contributed by atoms with Crippen LogP contribution in [0.2, 0.25) is 5.15 Å². The minimum atomic E-state index is -0.371. The number of halogens is 1. The predicted octanol–water partition coefficient (Wildman–Crippen LogP) is 4.04. The number of hydrogen-bond acceptors (Lipinski definition) is 6. The summed E-state index contributed by atoms with van der Waals surface area (Å²) in [6.45, 7) is 4.48. The maximum atomic E-state index is 12.7. The second-order valence-electron chi connectivity index (χ2n) is 7.36. The number of aromatic nitrogens is 2. The van der Waals surface area contributed by atoms with Crippen molar-refractivity contribution in [2.45, 2.75) is 19.4 Å². The van der Waals surface area contributed by atoms with Crippen LogP contribution in [0.25, 0.3) is 10.9 Å². The lowest BCUT2D eigenvalue weighted by Gasteiger charge is -2.28. The van der Waals surface area contributed by atoms with Gasteiger partial charge in [-0.1, -0.05) is 23.7 Å². The van der Waals surface area contributed by atoms with Crippen molar-refractivity contribution < 1.29 is 4.74 Å². The van der Waals surface area contributed by atoms with Crippen LogP contribution in [0.5, 0.6) is 0 Å². The molecular formula is C21H22ClN5O2. The molecule has 0 aliphatic rings. The van der Waals surface area contributed by atoms with Crippen LogP contribution in [0.15, 0.2) is 41.3 Å². The maximum absolute atomic E-state index is 12.7. The summed E-state index contributed by atoms with van der Waals surface area (Å²) in [6.07, 6.45) is 1.52. The van der Waals surface area contributed by atoms with E-state index in [1.807, 2.05) is 32.0 Å². The third-order valence-corrected chi connectivity index (χ3v) is 4.81. The Labute approximate surface area is 173 Å². The van der Waals surface area contributed by atoms with Gasteiger partial charge in [0.25, 0.3) is 5.56 Å². The monoisotopic (exact) mass is 411 g/mol. The Bertz CT molecular complexity index is 1160. The summed E-state index contributed by atoms with van der Waals surface area (Å²) in [5, 5.41) is 17.0. The van der Waals surface area contributed by atoms with Crippen LogP contribution < -0.4 is 16.2 Å². The van der Waals surface area contributed by atoms with Crippen molar-refractivity contribution in [1.29, 1.82) is 5.26 Å². The zero-order valence-electron chi connectivity index (χ0n) is 16.7. The van der Waals surface area contributed by atoms with Gasteiger partial charge in [-0.25, -0.2) is 4.98 Å². The fourth-order valence-electron chi connectivity index (χ4n) is 3.29. The highest BCUT2D eigenvalue weighted by molar-refractivity contribution is 6.31. The van der Waals surface area contributed by atoms with E-state index in [1.165, 1.54) is 6.20 Å². The van der Waals surface area contributed by atoms with E-state index in [-0.39, 0.29) is 21.8 Å². The van der Waals surface area contributed by atoms with Crippen LogP contribution in [-0.2, 0) is 11.8 Å². The van der Waals surface area contributed by atoms with Crippen LogP contribution >= 0.6 is 11.6 Å². The molecule has 0 bridgehead atoms. The fourth-order valence-corrected chi connectivity index (χ4v) is 3.49. The number of nitrogens with one attached hydrogen (secondary N) is 2. The number of anilines is 3. The number of rotatable bonds is 6.